The van der Waals surface area contributed by atoms with E-state index in [2.05, 4.69) is 68.2 Å². The fourth-order valence-corrected chi connectivity index (χ4v) is 4.85. The number of halogens is 2. The molecule has 0 aliphatic carbocycles. The Morgan fingerprint density at radius 3 is 1.81 bits per heavy atom. The molecule has 124 valence electrons. The minimum absolute atomic E-state index is 0.300. The molecule has 4 aromatic rings. The van der Waals surface area contributed by atoms with Crippen LogP contribution in [0.1, 0.15) is 0 Å². The first-order valence-corrected chi connectivity index (χ1v) is 9.74. The Bertz CT molecular complexity index is 1200. The zero-order chi connectivity index (χ0) is 18.0. The fraction of sp³-hybridized carbons (Fsp3) is 0.0909. The molecule has 0 N–H and O–H groups in total. The van der Waals surface area contributed by atoms with Crippen LogP contribution in [0.2, 0.25) is 23.7 Å². The summed E-state index contributed by atoms with van der Waals surface area (Å²) in [6, 6.07) is 21.9. The number of rotatable bonds is 0. The Kier molecular flexibility index (Phi) is 3.64. The molecule has 0 fully saturated rings. The normalized spacial score (nSPS) is 13.2. The smallest absolute Gasteiger partial charge is 0.0827 e. The van der Waals surface area contributed by atoms with E-state index in [9.17, 15) is 0 Å². The van der Waals surface area contributed by atoms with E-state index in [0.717, 1.165) is 0 Å². The van der Waals surface area contributed by atoms with Gasteiger partial charge in [-0.2, -0.15) is 0 Å². The van der Waals surface area contributed by atoms with Crippen molar-refractivity contribution in [2.24, 2.45) is 0 Å². The average Bonchev–Trinajstić information content (AvgIpc) is 2.66. The van der Waals surface area contributed by atoms with Gasteiger partial charge in [0, 0.05) is 0 Å². The van der Waals surface area contributed by atoms with Gasteiger partial charge in [-0.1, -0.05) is 107 Å². The lowest BCUT2D eigenvalue weighted by Gasteiger charge is -2.29. The standard InChI is InChI=1S/C22H16B2Cl2/c1-23-17-9-14-8-7-13-5-3-4-6-15(13)16(14)10-18(17)24(2)20-12-22(26)21(25)11-19(20)23/h3-12H,1-2H3. The summed E-state index contributed by atoms with van der Waals surface area (Å²) < 4.78 is 0. The van der Waals surface area contributed by atoms with Crippen LogP contribution in [0.25, 0.3) is 21.5 Å². The van der Waals surface area contributed by atoms with E-state index in [-0.39, 0.29) is 0 Å². The molecule has 0 amide bonds. The molecule has 0 atom stereocenters. The van der Waals surface area contributed by atoms with Crippen LogP contribution in [0.15, 0.2) is 60.7 Å². The molecule has 0 aromatic heterocycles. The van der Waals surface area contributed by atoms with Crippen LogP contribution >= 0.6 is 23.2 Å². The highest BCUT2D eigenvalue weighted by Gasteiger charge is 2.32. The number of fused-ring (bicyclic) bond motifs is 5. The molecule has 1 heterocycles. The van der Waals surface area contributed by atoms with Gasteiger partial charge >= 0.3 is 0 Å². The maximum atomic E-state index is 6.33. The molecule has 0 unspecified atom stereocenters. The Hall–Kier alpha value is -1.89. The molecule has 0 radical (unpaired) electrons. The predicted octanol–water partition coefficient (Wildman–Crippen LogP) is 4.09. The van der Waals surface area contributed by atoms with Gasteiger partial charge in [-0.05, 0) is 33.7 Å². The lowest BCUT2D eigenvalue weighted by molar-refractivity contribution is 1.74. The Balaban J connectivity index is 1.83. The van der Waals surface area contributed by atoms with Crippen molar-refractivity contribution in [1.82, 2.24) is 0 Å². The summed E-state index contributed by atoms with van der Waals surface area (Å²) in [4.78, 5) is 0. The van der Waals surface area contributed by atoms with Crippen molar-refractivity contribution >= 4 is 80.0 Å². The molecule has 1 aliphatic heterocycles. The summed E-state index contributed by atoms with van der Waals surface area (Å²) in [6.07, 6.45) is 0. The molecule has 0 spiro atoms. The van der Waals surface area contributed by atoms with E-state index < -0.39 is 0 Å². The van der Waals surface area contributed by atoms with Gasteiger partial charge < -0.3 is 0 Å². The van der Waals surface area contributed by atoms with E-state index >= 15 is 0 Å². The Labute approximate surface area is 164 Å². The van der Waals surface area contributed by atoms with E-state index in [1.54, 1.807) is 0 Å². The second kappa shape index (κ2) is 5.81. The molecular formula is C22H16B2Cl2. The summed E-state index contributed by atoms with van der Waals surface area (Å²) in [7, 11) is 0. The van der Waals surface area contributed by atoms with Gasteiger partial charge in [-0.25, -0.2) is 0 Å². The summed E-state index contributed by atoms with van der Waals surface area (Å²) >= 11 is 12.6. The van der Waals surface area contributed by atoms with Crippen LogP contribution in [-0.4, -0.2) is 13.4 Å². The van der Waals surface area contributed by atoms with Gasteiger partial charge in [0.25, 0.3) is 0 Å². The van der Waals surface area contributed by atoms with Gasteiger partial charge in [-0.3, -0.25) is 0 Å². The van der Waals surface area contributed by atoms with Crippen molar-refractivity contribution in [3.05, 3.63) is 70.7 Å². The predicted molar refractivity (Wildman–Crippen MR) is 120 cm³/mol. The molecule has 0 saturated carbocycles. The van der Waals surface area contributed by atoms with Gasteiger partial charge in [0.05, 0.1) is 10.0 Å². The molecule has 4 heteroatoms. The zero-order valence-corrected chi connectivity index (χ0v) is 16.2. The van der Waals surface area contributed by atoms with E-state index in [1.165, 1.54) is 43.4 Å². The van der Waals surface area contributed by atoms with Crippen molar-refractivity contribution in [1.29, 1.82) is 0 Å². The van der Waals surface area contributed by atoms with Crippen molar-refractivity contribution in [3.8, 4) is 0 Å². The van der Waals surface area contributed by atoms with Crippen molar-refractivity contribution in [2.45, 2.75) is 13.6 Å². The Morgan fingerprint density at radius 1 is 0.577 bits per heavy atom. The topological polar surface area (TPSA) is 0 Å². The molecular weight excluding hydrogens is 357 g/mol. The summed E-state index contributed by atoms with van der Waals surface area (Å²) in [5.74, 6) is 0. The monoisotopic (exact) mass is 372 g/mol. The van der Waals surface area contributed by atoms with E-state index in [0.29, 0.717) is 23.5 Å². The van der Waals surface area contributed by atoms with E-state index in [4.69, 9.17) is 23.2 Å². The van der Waals surface area contributed by atoms with Crippen LogP contribution in [0.5, 0.6) is 0 Å². The summed E-state index contributed by atoms with van der Waals surface area (Å²) in [6.45, 7) is 5.14. The number of benzene rings is 4. The third kappa shape index (κ3) is 2.25. The molecule has 0 saturated heterocycles. The van der Waals surface area contributed by atoms with Crippen LogP contribution in [0.4, 0.5) is 0 Å². The molecule has 1 aliphatic rings. The molecule has 26 heavy (non-hydrogen) atoms. The van der Waals surface area contributed by atoms with Gasteiger partial charge in [0.15, 0.2) is 0 Å². The van der Waals surface area contributed by atoms with Gasteiger partial charge in [0.1, 0.15) is 0 Å². The summed E-state index contributed by atoms with van der Waals surface area (Å²) in [5, 5.41) is 6.49. The van der Waals surface area contributed by atoms with Crippen molar-refractivity contribution < 1.29 is 0 Å². The molecule has 5 rings (SSSR count). The highest BCUT2D eigenvalue weighted by atomic mass is 35.5. The second-order valence-corrected chi connectivity index (χ2v) is 8.14. The van der Waals surface area contributed by atoms with Gasteiger partial charge in [-0.15, -0.1) is 0 Å². The Morgan fingerprint density at radius 2 is 1.12 bits per heavy atom. The second-order valence-electron chi connectivity index (χ2n) is 7.33. The largest absolute Gasteiger partial charge is 0.204 e. The lowest BCUT2D eigenvalue weighted by Crippen LogP contribution is -2.66. The first-order chi connectivity index (χ1) is 12.5. The fourth-order valence-electron chi connectivity index (χ4n) is 4.50. The first-order valence-electron chi connectivity index (χ1n) is 8.98. The highest BCUT2D eigenvalue weighted by molar-refractivity contribution is 7.02. The van der Waals surface area contributed by atoms with E-state index in [1.807, 2.05) is 6.07 Å². The quantitative estimate of drug-likeness (QED) is 0.322. The third-order valence-electron chi connectivity index (χ3n) is 5.94. The van der Waals surface area contributed by atoms with Crippen LogP contribution in [-0.2, 0) is 0 Å². The minimum Gasteiger partial charge on any atom is -0.0827 e. The maximum Gasteiger partial charge on any atom is 0.204 e. The number of hydrogen-bond donors (Lipinski definition) is 0. The van der Waals surface area contributed by atoms with Crippen LogP contribution in [0, 0.1) is 0 Å². The van der Waals surface area contributed by atoms with Crippen LogP contribution < -0.4 is 21.9 Å². The molecule has 0 nitrogen and oxygen atoms in total. The maximum absolute atomic E-state index is 6.33. The molecule has 0 bridgehead atoms. The highest BCUT2D eigenvalue weighted by Crippen LogP contribution is 2.25. The summed E-state index contributed by atoms with van der Waals surface area (Å²) in [5.41, 5.74) is 5.37. The lowest BCUT2D eigenvalue weighted by atomic mass is 9.25. The average molecular weight is 373 g/mol. The SMILES string of the molecule is CB1c2cc(Cl)c(Cl)cc2B(C)c2cc3c(ccc4ccccc43)cc21. The van der Waals surface area contributed by atoms with Gasteiger partial charge in [0.2, 0.25) is 13.4 Å². The van der Waals surface area contributed by atoms with Crippen molar-refractivity contribution in [2.75, 3.05) is 0 Å². The number of hydrogen-bond acceptors (Lipinski definition) is 0. The zero-order valence-electron chi connectivity index (χ0n) is 14.7. The van der Waals surface area contributed by atoms with Crippen molar-refractivity contribution in [3.63, 3.8) is 0 Å². The minimum atomic E-state index is 0.300. The molecule has 4 aromatic carbocycles. The van der Waals surface area contributed by atoms with Crippen LogP contribution in [0.3, 0.4) is 0 Å². The third-order valence-corrected chi connectivity index (χ3v) is 6.66. The first kappa shape index (κ1) is 16.3.